The molecule has 2 aromatic carbocycles. The highest BCUT2D eigenvalue weighted by Crippen LogP contribution is 2.51. The number of carbonyl (C=O) groups excluding carboxylic acids is 2. The van der Waals surface area contributed by atoms with Gasteiger partial charge in [-0.05, 0) is 43.5 Å². The number of Topliss-reactive ketones (excluding diaryl/α,β-unsaturated/α-hetero) is 1. The maximum absolute atomic E-state index is 13.8. The molecular weight excluding hydrogens is 570 g/mol. The van der Waals surface area contributed by atoms with Gasteiger partial charge in [0.15, 0.2) is 5.78 Å². The fourth-order valence-corrected chi connectivity index (χ4v) is 6.46. The van der Waals surface area contributed by atoms with Crippen LogP contribution >= 0.6 is 0 Å². The van der Waals surface area contributed by atoms with Crippen molar-refractivity contribution in [2.75, 3.05) is 17.5 Å². The fraction of sp³-hybridized carbons (Fsp3) is 0.440. The quantitative estimate of drug-likeness (QED) is 0.497. The number of ketones is 1. The van der Waals surface area contributed by atoms with Gasteiger partial charge >= 0.3 is 12.4 Å². The topological polar surface area (TPSA) is 113 Å². The van der Waals surface area contributed by atoms with E-state index < -0.39 is 58.0 Å². The Morgan fingerprint density at radius 1 is 1.07 bits per heavy atom. The number of nitrogens with zero attached hydrogens (tertiary/aromatic N) is 1. The minimum atomic E-state index is -6.12. The van der Waals surface area contributed by atoms with Crippen LogP contribution in [0.2, 0.25) is 0 Å². The van der Waals surface area contributed by atoms with Crippen LogP contribution < -0.4 is 9.62 Å². The van der Waals surface area contributed by atoms with Crippen molar-refractivity contribution in [3.63, 3.8) is 0 Å². The molecule has 1 amide bonds. The number of alkyl halides is 6. The van der Waals surface area contributed by atoms with E-state index in [-0.39, 0.29) is 48.0 Å². The minimum Gasteiger partial charge on any atom is -0.371 e. The molecule has 1 fully saturated rings. The van der Waals surface area contributed by atoms with Gasteiger partial charge in [0.25, 0.3) is 15.6 Å². The highest BCUT2D eigenvalue weighted by Gasteiger charge is 2.71. The molecule has 0 bridgehead atoms. The molecule has 0 aromatic heterocycles. The third-order valence-electron chi connectivity index (χ3n) is 6.89. The number of hydrogen-bond acceptors (Lipinski definition) is 6. The van der Waals surface area contributed by atoms with Crippen LogP contribution in [0.5, 0.6) is 0 Å². The Kier molecular flexibility index (Phi) is 7.71. The van der Waals surface area contributed by atoms with Crippen LogP contribution in [0.1, 0.15) is 29.5 Å². The molecule has 1 saturated heterocycles. The number of fused-ring (bicyclic) bond motifs is 1. The van der Waals surface area contributed by atoms with Gasteiger partial charge in [-0.2, -0.15) is 26.3 Å². The van der Waals surface area contributed by atoms with Crippen LogP contribution in [0.3, 0.4) is 0 Å². The molecule has 0 aliphatic carbocycles. The molecule has 2 N–H and O–H groups in total. The largest absolute Gasteiger partial charge is 0.430 e. The molecule has 2 aromatic rings. The number of hydrogen-bond donors (Lipinski definition) is 2. The van der Waals surface area contributed by atoms with Gasteiger partial charge in [-0.15, -0.1) is 0 Å². The second kappa shape index (κ2) is 10.3. The molecule has 0 saturated carbocycles. The molecule has 2 unspecified atom stereocenters. The molecule has 0 radical (unpaired) electrons. The summed E-state index contributed by atoms with van der Waals surface area (Å²) in [6.07, 6.45) is -13.0. The molecular formula is C25H24F6N2O6S. The van der Waals surface area contributed by atoms with Crippen molar-refractivity contribution < 1.29 is 54.2 Å². The molecule has 2 aliphatic heterocycles. The number of benzene rings is 2. The van der Waals surface area contributed by atoms with Crippen LogP contribution in [0.25, 0.3) is 0 Å². The maximum Gasteiger partial charge on any atom is 0.430 e. The number of halogens is 6. The SMILES string of the molecule is Cc1ccc(S(=O)(=O)N2c3ccc(C(O)(C(F)(F)F)C(F)(F)F)cc3CCC2CC(=O)NC2COCC2=O)cc1. The zero-order valence-electron chi connectivity index (χ0n) is 20.8. The molecule has 4 rings (SSSR count). The summed E-state index contributed by atoms with van der Waals surface area (Å²) < 4.78 is 114. The first-order chi connectivity index (χ1) is 18.5. The van der Waals surface area contributed by atoms with E-state index in [1.54, 1.807) is 6.92 Å². The first-order valence-corrected chi connectivity index (χ1v) is 13.4. The number of ether oxygens (including phenoxy) is 1. The van der Waals surface area contributed by atoms with Gasteiger partial charge in [-0.3, -0.25) is 13.9 Å². The number of aliphatic hydroxyl groups is 1. The van der Waals surface area contributed by atoms with Gasteiger partial charge < -0.3 is 15.2 Å². The Balaban J connectivity index is 1.77. The average Bonchev–Trinajstić information content (AvgIpc) is 3.25. The minimum absolute atomic E-state index is 0.0620. The van der Waals surface area contributed by atoms with Crippen LogP contribution in [-0.2, 0) is 36.4 Å². The smallest absolute Gasteiger partial charge is 0.371 e. The predicted molar refractivity (Wildman–Crippen MR) is 128 cm³/mol. The third-order valence-corrected chi connectivity index (χ3v) is 8.77. The Morgan fingerprint density at radius 3 is 2.25 bits per heavy atom. The Morgan fingerprint density at radius 2 is 1.70 bits per heavy atom. The summed E-state index contributed by atoms with van der Waals surface area (Å²) >= 11 is 0. The van der Waals surface area contributed by atoms with Gasteiger partial charge in [0, 0.05) is 12.0 Å². The number of carbonyl (C=O) groups is 2. The number of rotatable bonds is 6. The molecule has 2 heterocycles. The highest BCUT2D eigenvalue weighted by molar-refractivity contribution is 7.92. The lowest BCUT2D eigenvalue weighted by molar-refractivity contribution is -0.376. The lowest BCUT2D eigenvalue weighted by Crippen LogP contribution is -2.54. The summed E-state index contributed by atoms with van der Waals surface area (Å²) in [5.41, 5.74) is -6.42. The summed E-state index contributed by atoms with van der Waals surface area (Å²) in [5.74, 6) is -1.07. The third kappa shape index (κ3) is 5.29. The summed E-state index contributed by atoms with van der Waals surface area (Å²) in [6.45, 7) is 1.45. The van der Waals surface area contributed by atoms with Gasteiger partial charge in [0.1, 0.15) is 12.6 Å². The number of nitrogens with one attached hydrogen (secondary N) is 1. The average molecular weight is 595 g/mol. The van der Waals surface area contributed by atoms with E-state index in [1.165, 1.54) is 24.3 Å². The van der Waals surface area contributed by atoms with Crippen molar-refractivity contribution in [1.82, 2.24) is 5.32 Å². The fourth-order valence-electron chi connectivity index (χ4n) is 4.74. The van der Waals surface area contributed by atoms with E-state index >= 15 is 0 Å². The number of anilines is 1. The monoisotopic (exact) mass is 594 g/mol. The Bertz CT molecular complexity index is 1390. The second-order valence-corrected chi connectivity index (χ2v) is 11.5. The van der Waals surface area contributed by atoms with E-state index in [0.717, 1.165) is 15.9 Å². The summed E-state index contributed by atoms with van der Waals surface area (Å²) in [6, 6.07) is 5.17. The van der Waals surface area contributed by atoms with Gasteiger partial charge in [-0.1, -0.05) is 29.8 Å². The van der Waals surface area contributed by atoms with Crippen molar-refractivity contribution in [2.24, 2.45) is 0 Å². The lowest BCUT2D eigenvalue weighted by Gasteiger charge is -2.39. The van der Waals surface area contributed by atoms with E-state index in [0.29, 0.717) is 12.1 Å². The van der Waals surface area contributed by atoms with Crippen molar-refractivity contribution in [2.45, 2.75) is 61.1 Å². The van der Waals surface area contributed by atoms with Crippen LogP contribution in [0.4, 0.5) is 32.0 Å². The van der Waals surface area contributed by atoms with Crippen LogP contribution in [0.15, 0.2) is 47.4 Å². The predicted octanol–water partition coefficient (Wildman–Crippen LogP) is 3.29. The lowest BCUT2D eigenvalue weighted by atomic mass is 9.87. The van der Waals surface area contributed by atoms with E-state index in [4.69, 9.17) is 4.74 Å². The zero-order valence-corrected chi connectivity index (χ0v) is 21.7. The summed E-state index contributed by atoms with van der Waals surface area (Å²) in [7, 11) is -4.48. The van der Waals surface area contributed by atoms with Crippen LogP contribution in [-0.4, -0.2) is 62.9 Å². The van der Waals surface area contributed by atoms with Crippen molar-refractivity contribution in [3.8, 4) is 0 Å². The summed E-state index contributed by atoms with van der Waals surface area (Å²) in [4.78, 5) is 24.4. The maximum atomic E-state index is 13.8. The van der Waals surface area contributed by atoms with E-state index in [2.05, 4.69) is 5.32 Å². The highest BCUT2D eigenvalue weighted by atomic mass is 32.2. The molecule has 8 nitrogen and oxygen atoms in total. The molecule has 218 valence electrons. The number of amides is 1. The van der Waals surface area contributed by atoms with Gasteiger partial charge in [0.2, 0.25) is 5.91 Å². The molecule has 2 atom stereocenters. The summed E-state index contributed by atoms with van der Waals surface area (Å²) in [5, 5.41) is 12.3. The van der Waals surface area contributed by atoms with Crippen molar-refractivity contribution in [3.05, 3.63) is 59.2 Å². The number of aryl methyl sites for hydroxylation is 2. The standard InChI is InChI=1S/C25H24F6N2O6S/c1-14-2-7-18(8-3-14)40(37,38)33-17(11-22(35)32-19-12-39-13-21(19)34)6-4-15-10-16(5-9-20(15)33)23(36,24(26,27)28)25(29,30)31/h2-3,5,7-10,17,19,36H,4,6,11-13H2,1H3,(H,32,35). The van der Waals surface area contributed by atoms with Crippen LogP contribution in [0, 0.1) is 6.92 Å². The van der Waals surface area contributed by atoms with Gasteiger partial charge in [-0.25, -0.2) is 8.42 Å². The Hall–Kier alpha value is -3.17. The Labute approximate surface area is 225 Å². The van der Waals surface area contributed by atoms with Gasteiger partial charge in [0.05, 0.1) is 23.2 Å². The normalized spacial score (nSPS) is 20.4. The van der Waals surface area contributed by atoms with E-state index in [1.807, 2.05) is 0 Å². The molecule has 40 heavy (non-hydrogen) atoms. The van der Waals surface area contributed by atoms with Crippen molar-refractivity contribution in [1.29, 1.82) is 0 Å². The van der Waals surface area contributed by atoms with Crippen molar-refractivity contribution >= 4 is 27.4 Å². The second-order valence-electron chi connectivity index (χ2n) is 9.66. The number of sulfonamides is 1. The van der Waals surface area contributed by atoms with E-state index in [9.17, 15) is 49.5 Å². The molecule has 0 spiro atoms. The molecule has 2 aliphatic rings. The first kappa shape index (κ1) is 29.8. The zero-order chi connectivity index (χ0) is 29.7. The first-order valence-electron chi connectivity index (χ1n) is 12.0. The molecule has 15 heteroatoms.